The van der Waals surface area contributed by atoms with E-state index in [0.29, 0.717) is 13.1 Å². The third-order valence-electron chi connectivity index (χ3n) is 4.56. The van der Waals surface area contributed by atoms with Gasteiger partial charge in [0.05, 0.1) is 27.2 Å². The Labute approximate surface area is 149 Å². The lowest BCUT2D eigenvalue weighted by molar-refractivity contribution is -0.145. The lowest BCUT2D eigenvalue weighted by Gasteiger charge is -2.22. The first-order valence-corrected chi connectivity index (χ1v) is 8.28. The Bertz CT molecular complexity index is 633. The van der Waals surface area contributed by atoms with E-state index >= 15 is 0 Å². The molecule has 0 aliphatic carbocycles. The Morgan fingerprint density at radius 2 is 2.04 bits per heavy atom. The Kier molecular flexibility index (Phi) is 6.50. The molecular weight excluding hydrogens is 322 g/mol. The first-order valence-electron chi connectivity index (χ1n) is 8.28. The quantitative estimate of drug-likeness (QED) is 0.494. The van der Waals surface area contributed by atoms with Gasteiger partial charge in [-0.15, -0.1) is 0 Å². The number of carbonyl (C=O) groups is 1. The van der Waals surface area contributed by atoms with E-state index in [2.05, 4.69) is 22.1 Å². The largest absolute Gasteiger partial charge is 0.497 e. The number of hydrogen-bond donors (Lipinski definition) is 1. The summed E-state index contributed by atoms with van der Waals surface area (Å²) in [6, 6.07) is 5.71. The maximum atomic E-state index is 11.9. The average Bonchev–Trinajstić information content (AvgIpc) is 3.03. The van der Waals surface area contributed by atoms with Gasteiger partial charge in [-0.2, -0.15) is 0 Å². The molecule has 1 aromatic carbocycles. The standard InChI is InChI=1S/C18H27N3O4/c1-12-10-21(11-15(12)17(22)25-5)18(19-2)20-9-13-6-7-14(23-3)8-16(13)24-4/h6-8,12,15H,9-11H2,1-5H3,(H,19,20). The first kappa shape index (κ1) is 18.9. The van der Waals surface area contributed by atoms with Gasteiger partial charge >= 0.3 is 5.97 Å². The highest BCUT2D eigenvalue weighted by molar-refractivity contribution is 5.82. The zero-order chi connectivity index (χ0) is 18.4. The van der Waals surface area contributed by atoms with Crippen LogP contribution in [-0.4, -0.2) is 58.3 Å². The van der Waals surface area contributed by atoms with Crippen molar-refractivity contribution in [2.75, 3.05) is 41.5 Å². The summed E-state index contributed by atoms with van der Waals surface area (Å²) in [5.41, 5.74) is 1.00. The van der Waals surface area contributed by atoms with Crippen molar-refractivity contribution in [2.45, 2.75) is 13.5 Å². The van der Waals surface area contributed by atoms with Crippen molar-refractivity contribution >= 4 is 11.9 Å². The summed E-state index contributed by atoms with van der Waals surface area (Å²) in [6.07, 6.45) is 0. The lowest BCUT2D eigenvalue weighted by atomic mass is 9.99. The number of ether oxygens (including phenoxy) is 3. The molecule has 0 bridgehead atoms. The third kappa shape index (κ3) is 4.35. The Hall–Kier alpha value is -2.44. The van der Waals surface area contributed by atoms with Crippen LogP contribution in [0.25, 0.3) is 0 Å². The van der Waals surface area contributed by atoms with E-state index in [1.165, 1.54) is 7.11 Å². The van der Waals surface area contributed by atoms with Crippen LogP contribution in [0.1, 0.15) is 12.5 Å². The highest BCUT2D eigenvalue weighted by Crippen LogP contribution is 2.26. The molecule has 2 unspecified atom stereocenters. The summed E-state index contributed by atoms with van der Waals surface area (Å²) in [5, 5.41) is 3.34. The molecular formula is C18H27N3O4. The van der Waals surface area contributed by atoms with Gasteiger partial charge < -0.3 is 24.4 Å². The van der Waals surface area contributed by atoms with Gasteiger partial charge in [-0.3, -0.25) is 9.79 Å². The number of aliphatic imine (C=N–C) groups is 1. The van der Waals surface area contributed by atoms with Gasteiger partial charge in [0, 0.05) is 38.3 Å². The maximum Gasteiger partial charge on any atom is 0.310 e. The molecule has 0 radical (unpaired) electrons. The molecule has 2 atom stereocenters. The van der Waals surface area contributed by atoms with E-state index in [9.17, 15) is 4.79 Å². The van der Waals surface area contributed by atoms with Gasteiger partial charge in [-0.1, -0.05) is 6.92 Å². The lowest BCUT2D eigenvalue weighted by Crippen LogP contribution is -2.40. The molecule has 0 spiro atoms. The molecule has 138 valence electrons. The number of carbonyl (C=O) groups excluding carboxylic acids is 1. The SMILES string of the molecule is CN=C(NCc1ccc(OC)cc1OC)N1CC(C)C(C(=O)OC)C1. The Morgan fingerprint density at radius 3 is 2.64 bits per heavy atom. The van der Waals surface area contributed by atoms with Gasteiger partial charge in [0.15, 0.2) is 5.96 Å². The van der Waals surface area contributed by atoms with E-state index < -0.39 is 0 Å². The van der Waals surface area contributed by atoms with Crippen molar-refractivity contribution in [2.24, 2.45) is 16.8 Å². The highest BCUT2D eigenvalue weighted by atomic mass is 16.5. The van der Waals surface area contributed by atoms with Crippen LogP contribution < -0.4 is 14.8 Å². The van der Waals surface area contributed by atoms with Crippen molar-refractivity contribution in [3.8, 4) is 11.5 Å². The highest BCUT2D eigenvalue weighted by Gasteiger charge is 2.36. The zero-order valence-corrected chi connectivity index (χ0v) is 15.5. The molecule has 2 rings (SSSR count). The summed E-state index contributed by atoms with van der Waals surface area (Å²) in [5.74, 6) is 2.20. The van der Waals surface area contributed by atoms with Crippen LogP contribution >= 0.6 is 0 Å². The van der Waals surface area contributed by atoms with Crippen LogP contribution in [0.4, 0.5) is 0 Å². The molecule has 25 heavy (non-hydrogen) atoms. The summed E-state index contributed by atoms with van der Waals surface area (Å²) in [7, 11) is 6.43. The Balaban J connectivity index is 2.03. The number of benzene rings is 1. The van der Waals surface area contributed by atoms with Gasteiger partial charge in [-0.25, -0.2) is 0 Å². The minimum atomic E-state index is -0.165. The van der Waals surface area contributed by atoms with Crippen molar-refractivity contribution in [3.63, 3.8) is 0 Å². The summed E-state index contributed by atoms with van der Waals surface area (Å²) in [4.78, 5) is 18.3. The second-order valence-corrected chi connectivity index (χ2v) is 6.09. The number of likely N-dealkylation sites (tertiary alicyclic amines) is 1. The fourth-order valence-corrected chi connectivity index (χ4v) is 3.10. The van der Waals surface area contributed by atoms with Gasteiger partial charge in [-0.05, 0) is 18.1 Å². The van der Waals surface area contributed by atoms with Crippen LogP contribution in [-0.2, 0) is 16.1 Å². The van der Waals surface area contributed by atoms with E-state index in [0.717, 1.165) is 29.6 Å². The molecule has 1 aromatic rings. The van der Waals surface area contributed by atoms with Gasteiger partial charge in [0.25, 0.3) is 0 Å². The molecule has 7 nitrogen and oxygen atoms in total. The number of methoxy groups -OCH3 is 3. The molecule has 1 fully saturated rings. The molecule has 1 heterocycles. The second kappa shape index (κ2) is 8.60. The predicted octanol–water partition coefficient (Wildman–Crippen LogP) is 1.52. The van der Waals surface area contributed by atoms with E-state index in [1.54, 1.807) is 21.3 Å². The van der Waals surface area contributed by atoms with Crippen LogP contribution in [0.2, 0.25) is 0 Å². The zero-order valence-electron chi connectivity index (χ0n) is 15.5. The van der Waals surface area contributed by atoms with Gasteiger partial charge in [0.2, 0.25) is 0 Å². The number of guanidine groups is 1. The van der Waals surface area contributed by atoms with Crippen LogP contribution in [0.5, 0.6) is 11.5 Å². The summed E-state index contributed by atoms with van der Waals surface area (Å²) >= 11 is 0. The van der Waals surface area contributed by atoms with Crippen LogP contribution in [0.3, 0.4) is 0 Å². The van der Waals surface area contributed by atoms with E-state index in [1.807, 2.05) is 18.2 Å². The Morgan fingerprint density at radius 1 is 1.28 bits per heavy atom. The molecule has 1 saturated heterocycles. The number of rotatable bonds is 5. The molecule has 0 aromatic heterocycles. The minimum Gasteiger partial charge on any atom is -0.497 e. The van der Waals surface area contributed by atoms with Crippen LogP contribution in [0.15, 0.2) is 23.2 Å². The third-order valence-corrected chi connectivity index (χ3v) is 4.56. The molecule has 1 N–H and O–H groups in total. The van der Waals surface area contributed by atoms with E-state index in [-0.39, 0.29) is 17.8 Å². The summed E-state index contributed by atoms with van der Waals surface area (Å²) < 4.78 is 15.5. The van der Waals surface area contributed by atoms with Crippen molar-refractivity contribution < 1.29 is 19.0 Å². The molecule has 0 amide bonds. The second-order valence-electron chi connectivity index (χ2n) is 6.09. The predicted molar refractivity (Wildman–Crippen MR) is 96.0 cm³/mol. The first-order chi connectivity index (χ1) is 12.0. The van der Waals surface area contributed by atoms with Crippen molar-refractivity contribution in [3.05, 3.63) is 23.8 Å². The smallest absolute Gasteiger partial charge is 0.310 e. The number of nitrogens with zero attached hydrogens (tertiary/aromatic N) is 2. The van der Waals surface area contributed by atoms with Crippen LogP contribution in [0, 0.1) is 11.8 Å². The summed E-state index contributed by atoms with van der Waals surface area (Å²) in [6.45, 7) is 3.99. The maximum absolute atomic E-state index is 11.9. The van der Waals surface area contributed by atoms with Crippen molar-refractivity contribution in [1.82, 2.24) is 10.2 Å². The number of nitrogens with one attached hydrogen (secondary N) is 1. The number of hydrogen-bond acceptors (Lipinski definition) is 5. The molecule has 1 aliphatic heterocycles. The molecule has 1 aliphatic rings. The van der Waals surface area contributed by atoms with Gasteiger partial charge in [0.1, 0.15) is 11.5 Å². The minimum absolute atomic E-state index is 0.126. The molecule has 7 heteroatoms. The topological polar surface area (TPSA) is 72.4 Å². The van der Waals surface area contributed by atoms with E-state index in [4.69, 9.17) is 14.2 Å². The fraction of sp³-hybridized carbons (Fsp3) is 0.556. The molecule has 0 saturated carbocycles. The monoisotopic (exact) mass is 349 g/mol. The average molecular weight is 349 g/mol. The normalized spacial score (nSPS) is 20.4. The fourth-order valence-electron chi connectivity index (χ4n) is 3.10. The number of esters is 1. The van der Waals surface area contributed by atoms with Crippen molar-refractivity contribution in [1.29, 1.82) is 0 Å².